The molecule has 5 heteroatoms. The number of hydrogen-bond acceptors (Lipinski definition) is 4. The molecule has 21 heavy (non-hydrogen) atoms. The number of halogens is 1. The zero-order chi connectivity index (χ0) is 14.8. The van der Waals surface area contributed by atoms with Gasteiger partial charge in [-0.25, -0.2) is 9.37 Å². The number of anilines is 1. The molecular weight excluding hydrogens is 267 g/mol. The van der Waals surface area contributed by atoms with Gasteiger partial charge in [-0.2, -0.15) is 5.10 Å². The summed E-state index contributed by atoms with van der Waals surface area (Å²) < 4.78 is 12.9. The third kappa shape index (κ3) is 3.01. The van der Waals surface area contributed by atoms with Gasteiger partial charge in [-0.3, -0.25) is 0 Å². The Bertz CT molecular complexity index is 627. The first kappa shape index (κ1) is 13.9. The summed E-state index contributed by atoms with van der Waals surface area (Å²) in [7, 11) is 0. The molecule has 0 saturated heterocycles. The molecule has 0 radical (unpaired) electrons. The van der Waals surface area contributed by atoms with Crippen molar-refractivity contribution in [1.82, 2.24) is 15.2 Å². The van der Waals surface area contributed by atoms with Crippen molar-refractivity contribution in [2.45, 2.75) is 45.1 Å². The van der Waals surface area contributed by atoms with Gasteiger partial charge in [0.2, 0.25) is 5.95 Å². The van der Waals surface area contributed by atoms with E-state index in [0.29, 0.717) is 17.9 Å². The van der Waals surface area contributed by atoms with E-state index in [1.54, 1.807) is 0 Å². The first-order valence-electron chi connectivity index (χ1n) is 7.45. The summed E-state index contributed by atoms with van der Waals surface area (Å²) in [5, 5.41) is 11.7. The summed E-state index contributed by atoms with van der Waals surface area (Å²) in [6, 6.07) is 7.02. The van der Waals surface area contributed by atoms with E-state index in [4.69, 9.17) is 0 Å². The molecule has 1 N–H and O–H groups in total. The van der Waals surface area contributed by atoms with Crippen molar-refractivity contribution in [2.75, 3.05) is 5.32 Å². The van der Waals surface area contributed by atoms with Crippen molar-refractivity contribution < 1.29 is 4.39 Å². The molecule has 3 rings (SSSR count). The minimum Gasteiger partial charge on any atom is -0.350 e. The molecule has 0 bridgehead atoms. The zero-order valence-electron chi connectivity index (χ0n) is 12.3. The number of benzene rings is 1. The van der Waals surface area contributed by atoms with E-state index in [1.165, 1.54) is 12.1 Å². The maximum atomic E-state index is 12.9. The van der Waals surface area contributed by atoms with Crippen LogP contribution in [0.15, 0.2) is 24.3 Å². The van der Waals surface area contributed by atoms with E-state index in [-0.39, 0.29) is 5.82 Å². The number of hydrogen-bond donors (Lipinski definition) is 1. The second-order valence-electron chi connectivity index (χ2n) is 5.38. The molecule has 1 aliphatic carbocycles. The predicted molar refractivity (Wildman–Crippen MR) is 79.8 cm³/mol. The molecular formula is C16H19FN4. The van der Waals surface area contributed by atoms with Crippen molar-refractivity contribution in [1.29, 1.82) is 0 Å². The Morgan fingerprint density at radius 2 is 1.81 bits per heavy atom. The highest BCUT2D eigenvalue weighted by molar-refractivity contribution is 5.37. The van der Waals surface area contributed by atoms with Crippen molar-refractivity contribution in [3.05, 3.63) is 47.0 Å². The molecule has 1 saturated carbocycles. The lowest BCUT2D eigenvalue weighted by molar-refractivity contribution is 0.627. The molecule has 110 valence electrons. The Hall–Kier alpha value is -2.04. The van der Waals surface area contributed by atoms with Crippen molar-refractivity contribution in [2.24, 2.45) is 0 Å². The lowest BCUT2D eigenvalue weighted by Crippen LogP contribution is -2.12. The monoisotopic (exact) mass is 286 g/mol. The smallest absolute Gasteiger partial charge is 0.243 e. The maximum absolute atomic E-state index is 12.9. The molecule has 4 nitrogen and oxygen atoms in total. The van der Waals surface area contributed by atoms with Crippen LogP contribution >= 0.6 is 0 Å². The molecule has 1 aromatic carbocycles. The highest BCUT2D eigenvalue weighted by atomic mass is 19.1. The van der Waals surface area contributed by atoms with E-state index in [9.17, 15) is 4.39 Å². The molecule has 0 amide bonds. The van der Waals surface area contributed by atoms with Crippen LogP contribution in [0.4, 0.5) is 10.3 Å². The van der Waals surface area contributed by atoms with Crippen LogP contribution in [-0.2, 0) is 12.8 Å². The van der Waals surface area contributed by atoms with Crippen LogP contribution in [0.2, 0.25) is 0 Å². The fourth-order valence-corrected chi connectivity index (χ4v) is 2.60. The fraction of sp³-hybridized carbons (Fsp3) is 0.438. The summed E-state index contributed by atoms with van der Waals surface area (Å²) in [6.45, 7) is 4.13. The topological polar surface area (TPSA) is 50.7 Å². The number of nitrogens with one attached hydrogen (secondary N) is 1. The first-order valence-corrected chi connectivity index (χ1v) is 7.45. The highest BCUT2D eigenvalue weighted by Gasteiger charge is 2.39. The normalized spacial score (nSPS) is 20.3. The summed E-state index contributed by atoms with van der Waals surface area (Å²) >= 11 is 0. The summed E-state index contributed by atoms with van der Waals surface area (Å²) in [5.41, 5.74) is 3.13. The number of aromatic nitrogens is 3. The van der Waals surface area contributed by atoms with Gasteiger partial charge in [-0.05, 0) is 37.0 Å². The predicted octanol–water partition coefficient (Wildman–Crippen LogP) is 3.10. The van der Waals surface area contributed by atoms with Crippen LogP contribution in [0.25, 0.3) is 0 Å². The van der Waals surface area contributed by atoms with Gasteiger partial charge >= 0.3 is 0 Å². The molecule has 1 aliphatic rings. The van der Waals surface area contributed by atoms with E-state index in [1.807, 2.05) is 12.1 Å². The average molecular weight is 286 g/mol. The van der Waals surface area contributed by atoms with Crippen LogP contribution in [0.5, 0.6) is 0 Å². The Balaban J connectivity index is 1.67. The van der Waals surface area contributed by atoms with Gasteiger partial charge in [0, 0.05) is 12.0 Å². The summed E-state index contributed by atoms with van der Waals surface area (Å²) in [6.07, 6.45) is 2.73. The minimum atomic E-state index is -0.195. The summed E-state index contributed by atoms with van der Waals surface area (Å²) in [5.74, 6) is 0.808. The third-order valence-corrected chi connectivity index (χ3v) is 3.91. The SMILES string of the molecule is CCc1nnc(N[C@@H]2C[C@H]2c2ccc(F)cc2)nc1CC. The first-order chi connectivity index (χ1) is 10.2. The van der Waals surface area contributed by atoms with Gasteiger partial charge in [-0.15, -0.1) is 5.10 Å². The van der Waals surface area contributed by atoms with Crippen LogP contribution in [0.3, 0.4) is 0 Å². The lowest BCUT2D eigenvalue weighted by Gasteiger charge is -2.07. The molecule has 2 atom stereocenters. The molecule has 0 unspecified atom stereocenters. The van der Waals surface area contributed by atoms with Crippen molar-refractivity contribution >= 4 is 5.95 Å². The van der Waals surface area contributed by atoms with Crippen LogP contribution < -0.4 is 5.32 Å². The van der Waals surface area contributed by atoms with E-state index in [0.717, 1.165) is 36.2 Å². The van der Waals surface area contributed by atoms with Gasteiger partial charge in [0.05, 0.1) is 11.4 Å². The average Bonchev–Trinajstić information content (AvgIpc) is 3.27. The standard InChI is InChI=1S/C16H19FN4/c1-3-13-14(4-2)20-21-16(18-13)19-15-9-12(15)10-5-7-11(17)8-6-10/h5-8,12,15H,3-4,9H2,1-2H3,(H,18,19,21)/t12-,15+/m0/s1. The molecule has 1 heterocycles. The molecule has 0 aliphatic heterocycles. The number of rotatable bonds is 5. The summed E-state index contributed by atoms with van der Waals surface area (Å²) in [4.78, 5) is 4.54. The Morgan fingerprint density at radius 3 is 2.48 bits per heavy atom. The zero-order valence-corrected chi connectivity index (χ0v) is 12.3. The van der Waals surface area contributed by atoms with E-state index >= 15 is 0 Å². The van der Waals surface area contributed by atoms with E-state index in [2.05, 4.69) is 34.3 Å². The van der Waals surface area contributed by atoms with Gasteiger partial charge < -0.3 is 5.32 Å². The van der Waals surface area contributed by atoms with Gasteiger partial charge in [-0.1, -0.05) is 26.0 Å². The quantitative estimate of drug-likeness (QED) is 0.917. The molecule has 1 fully saturated rings. The fourth-order valence-electron chi connectivity index (χ4n) is 2.60. The second-order valence-corrected chi connectivity index (χ2v) is 5.38. The lowest BCUT2D eigenvalue weighted by atomic mass is 10.1. The number of nitrogens with zero attached hydrogens (tertiary/aromatic N) is 3. The van der Waals surface area contributed by atoms with Crippen LogP contribution in [0, 0.1) is 5.82 Å². The van der Waals surface area contributed by atoms with E-state index < -0.39 is 0 Å². The maximum Gasteiger partial charge on any atom is 0.243 e. The van der Waals surface area contributed by atoms with Gasteiger partial charge in [0.15, 0.2) is 0 Å². The Morgan fingerprint density at radius 1 is 1.10 bits per heavy atom. The molecule has 0 spiro atoms. The van der Waals surface area contributed by atoms with Crippen LogP contribution in [0.1, 0.15) is 43.1 Å². The largest absolute Gasteiger partial charge is 0.350 e. The van der Waals surface area contributed by atoms with Crippen molar-refractivity contribution in [3.8, 4) is 0 Å². The Kier molecular flexibility index (Phi) is 3.82. The van der Waals surface area contributed by atoms with Crippen molar-refractivity contribution in [3.63, 3.8) is 0 Å². The highest BCUT2D eigenvalue weighted by Crippen LogP contribution is 2.42. The van der Waals surface area contributed by atoms with Gasteiger partial charge in [0.25, 0.3) is 0 Å². The Labute approximate surface area is 123 Å². The number of aryl methyl sites for hydroxylation is 2. The van der Waals surface area contributed by atoms with Crippen LogP contribution in [-0.4, -0.2) is 21.2 Å². The van der Waals surface area contributed by atoms with Gasteiger partial charge in [0.1, 0.15) is 5.82 Å². The molecule has 1 aromatic heterocycles. The molecule has 2 aromatic rings. The minimum absolute atomic E-state index is 0.195. The third-order valence-electron chi connectivity index (χ3n) is 3.91. The second kappa shape index (κ2) is 5.76.